The van der Waals surface area contributed by atoms with Crippen molar-refractivity contribution in [1.82, 2.24) is 20.5 Å². The molecule has 2 aromatic carbocycles. The highest BCUT2D eigenvalue weighted by Crippen LogP contribution is 2.40. The first-order chi connectivity index (χ1) is 21.4. The molecule has 0 bridgehead atoms. The first-order valence-corrected chi connectivity index (χ1v) is 15.0. The van der Waals surface area contributed by atoms with E-state index in [0.29, 0.717) is 22.7 Å². The maximum absolute atomic E-state index is 15.8. The highest BCUT2D eigenvalue weighted by molar-refractivity contribution is 6.30. The molecule has 1 aromatic heterocycles. The van der Waals surface area contributed by atoms with E-state index in [9.17, 15) is 27.6 Å². The number of amides is 3. The number of anilines is 1. The van der Waals surface area contributed by atoms with Crippen LogP contribution < -0.4 is 15.5 Å². The van der Waals surface area contributed by atoms with Gasteiger partial charge < -0.3 is 15.1 Å². The number of carbonyl (C=O) groups is 3. The lowest BCUT2D eigenvalue weighted by molar-refractivity contribution is -0.138. The topological polar surface area (TPSA) is 94.6 Å². The number of fused-ring (bicyclic) bond motifs is 1. The van der Waals surface area contributed by atoms with E-state index in [4.69, 9.17) is 11.6 Å². The number of nitrogens with one attached hydrogen (secondary N) is 2. The fourth-order valence-corrected chi connectivity index (χ4v) is 6.40. The Bertz CT molecular complexity index is 1660. The maximum Gasteiger partial charge on any atom is 0.419 e. The van der Waals surface area contributed by atoms with Gasteiger partial charge in [0, 0.05) is 74.3 Å². The van der Waals surface area contributed by atoms with Gasteiger partial charge in [0.2, 0.25) is 11.8 Å². The number of hydrogen-bond acceptors (Lipinski definition) is 6. The summed E-state index contributed by atoms with van der Waals surface area (Å²) in [5, 5.41) is 5.80. The highest BCUT2D eigenvalue weighted by atomic mass is 35.5. The third-order valence-corrected chi connectivity index (χ3v) is 8.88. The quantitative estimate of drug-likeness (QED) is 0.269. The number of nitrogens with zero attached hydrogens (tertiary/aromatic N) is 3. The summed E-state index contributed by atoms with van der Waals surface area (Å²) in [5.74, 6) is -1.32. The minimum absolute atomic E-state index is 0.00646. The van der Waals surface area contributed by atoms with Gasteiger partial charge in [0.25, 0.3) is 5.91 Å². The Morgan fingerprint density at radius 2 is 1.82 bits per heavy atom. The fraction of sp³-hybridized carbons (Fsp3) is 0.375. The Balaban J connectivity index is 1.06. The van der Waals surface area contributed by atoms with Crippen LogP contribution in [0.25, 0.3) is 11.1 Å². The number of hydrogen-bond donors (Lipinski definition) is 2. The Morgan fingerprint density at radius 3 is 2.53 bits per heavy atom. The van der Waals surface area contributed by atoms with Crippen molar-refractivity contribution in [1.29, 1.82) is 0 Å². The molecule has 13 heteroatoms. The Hall–Kier alpha value is -4.03. The van der Waals surface area contributed by atoms with Crippen LogP contribution in [-0.2, 0) is 28.9 Å². The van der Waals surface area contributed by atoms with Gasteiger partial charge in [-0.2, -0.15) is 13.2 Å². The van der Waals surface area contributed by atoms with Gasteiger partial charge in [0.05, 0.1) is 5.56 Å². The average molecular weight is 644 g/mol. The lowest BCUT2D eigenvalue weighted by Gasteiger charge is -2.38. The molecule has 8 nitrogen and oxygen atoms in total. The number of rotatable bonds is 7. The van der Waals surface area contributed by atoms with E-state index in [1.165, 1.54) is 16.0 Å². The second-order valence-corrected chi connectivity index (χ2v) is 12.2. The Labute approximate surface area is 261 Å². The summed E-state index contributed by atoms with van der Waals surface area (Å²) < 4.78 is 58.0. The molecular formula is C32H30ClF4N5O3. The van der Waals surface area contributed by atoms with E-state index >= 15 is 4.39 Å². The third-order valence-electron chi connectivity index (χ3n) is 8.65. The van der Waals surface area contributed by atoms with Crippen molar-refractivity contribution in [2.75, 3.05) is 24.5 Å². The molecule has 3 amide bonds. The zero-order valence-electron chi connectivity index (χ0n) is 24.1. The van der Waals surface area contributed by atoms with Crippen molar-refractivity contribution in [3.63, 3.8) is 0 Å². The lowest BCUT2D eigenvalue weighted by Crippen LogP contribution is -2.52. The van der Waals surface area contributed by atoms with Gasteiger partial charge in [-0.05, 0) is 47.4 Å². The molecule has 0 aliphatic carbocycles. The molecule has 3 aliphatic heterocycles. The fourth-order valence-electron chi connectivity index (χ4n) is 6.21. The molecule has 1 unspecified atom stereocenters. The van der Waals surface area contributed by atoms with E-state index in [1.54, 1.807) is 36.4 Å². The second kappa shape index (κ2) is 12.1. The number of pyridine rings is 1. The number of carbonyl (C=O) groups excluding carboxylic acids is 3. The zero-order valence-corrected chi connectivity index (χ0v) is 24.8. The van der Waals surface area contributed by atoms with Crippen molar-refractivity contribution >= 4 is 35.1 Å². The first-order valence-electron chi connectivity index (χ1n) is 14.6. The molecule has 4 heterocycles. The molecule has 45 heavy (non-hydrogen) atoms. The van der Waals surface area contributed by atoms with Gasteiger partial charge >= 0.3 is 6.18 Å². The summed E-state index contributed by atoms with van der Waals surface area (Å²) in [7, 11) is 0. The van der Waals surface area contributed by atoms with E-state index in [0.717, 1.165) is 17.2 Å². The summed E-state index contributed by atoms with van der Waals surface area (Å²) in [4.78, 5) is 43.8. The van der Waals surface area contributed by atoms with E-state index in [1.807, 2.05) is 6.07 Å². The highest BCUT2D eigenvalue weighted by Gasteiger charge is 2.41. The molecule has 2 N–H and O–H groups in total. The number of benzene rings is 2. The maximum atomic E-state index is 15.8. The van der Waals surface area contributed by atoms with Crippen LogP contribution in [0.4, 0.5) is 23.4 Å². The SMILES string of the molecule is O=C1CCC(N2Cc3cc(CNCC4(F)CCN(c5ncc(-c6cccc(Cl)c6)cc5C(F)(F)F)CC4)ccc3C2=O)C(=O)N1. The van der Waals surface area contributed by atoms with Gasteiger partial charge in [0.1, 0.15) is 17.5 Å². The predicted molar refractivity (Wildman–Crippen MR) is 159 cm³/mol. The normalized spacial score (nSPS) is 19.9. The molecule has 0 spiro atoms. The second-order valence-electron chi connectivity index (χ2n) is 11.7. The Kier molecular flexibility index (Phi) is 8.30. The molecule has 0 radical (unpaired) electrons. The summed E-state index contributed by atoms with van der Waals surface area (Å²) in [6.07, 6.45) is -2.78. The summed E-state index contributed by atoms with van der Waals surface area (Å²) in [6, 6.07) is 12.2. The molecule has 0 saturated carbocycles. The summed E-state index contributed by atoms with van der Waals surface area (Å²) in [5.41, 5.74) is 0.370. The minimum atomic E-state index is -4.65. The summed E-state index contributed by atoms with van der Waals surface area (Å²) in [6.45, 7) is 0.710. The van der Waals surface area contributed by atoms with Gasteiger partial charge in [-0.1, -0.05) is 35.9 Å². The predicted octanol–water partition coefficient (Wildman–Crippen LogP) is 5.28. The van der Waals surface area contributed by atoms with Crippen molar-refractivity contribution in [2.45, 2.75) is 56.7 Å². The van der Waals surface area contributed by atoms with Crippen LogP contribution in [0.15, 0.2) is 54.7 Å². The van der Waals surface area contributed by atoms with Crippen LogP contribution in [0, 0.1) is 0 Å². The molecule has 2 saturated heterocycles. The zero-order chi connectivity index (χ0) is 31.9. The van der Waals surface area contributed by atoms with Crippen molar-refractivity contribution < 1.29 is 31.9 Å². The lowest BCUT2D eigenvalue weighted by atomic mass is 9.92. The van der Waals surface area contributed by atoms with Crippen molar-refractivity contribution in [2.24, 2.45) is 0 Å². The minimum Gasteiger partial charge on any atom is -0.356 e. The standard InChI is InChI=1S/C32H30ClF4N5O3/c33-23-3-1-2-20(13-23)21-14-25(32(35,36)37)28(39-16-21)41-10-8-31(34,9-11-41)18-38-15-19-4-5-24-22(12-19)17-42(30(24)45)26-6-7-27(43)40-29(26)44/h1-5,12-14,16,26,38H,6-11,15,17-18H2,(H,40,43,44). The first kappa shape index (κ1) is 31.0. The largest absolute Gasteiger partial charge is 0.419 e. The van der Waals surface area contributed by atoms with Crippen LogP contribution in [0.3, 0.4) is 0 Å². The number of aromatic nitrogens is 1. The van der Waals surface area contributed by atoms with Crippen LogP contribution >= 0.6 is 11.6 Å². The smallest absolute Gasteiger partial charge is 0.356 e. The van der Waals surface area contributed by atoms with Gasteiger partial charge in [-0.15, -0.1) is 0 Å². The molecule has 236 valence electrons. The van der Waals surface area contributed by atoms with Gasteiger partial charge in [0.15, 0.2) is 0 Å². The molecule has 6 rings (SSSR count). The van der Waals surface area contributed by atoms with Crippen LogP contribution in [0.5, 0.6) is 0 Å². The molecule has 2 fully saturated rings. The molecule has 3 aliphatic rings. The van der Waals surface area contributed by atoms with Crippen LogP contribution in [0.1, 0.15) is 52.7 Å². The van der Waals surface area contributed by atoms with Crippen molar-refractivity contribution in [3.05, 3.63) is 82.0 Å². The van der Waals surface area contributed by atoms with Gasteiger partial charge in [-0.3, -0.25) is 19.7 Å². The Morgan fingerprint density at radius 1 is 1.04 bits per heavy atom. The van der Waals surface area contributed by atoms with Gasteiger partial charge in [-0.25, -0.2) is 9.37 Å². The molecule has 3 aromatic rings. The number of halogens is 5. The monoisotopic (exact) mass is 643 g/mol. The summed E-state index contributed by atoms with van der Waals surface area (Å²) >= 11 is 6.02. The van der Waals surface area contributed by atoms with E-state index < -0.39 is 29.4 Å². The molecular weight excluding hydrogens is 614 g/mol. The van der Waals surface area contributed by atoms with E-state index in [-0.39, 0.29) is 75.1 Å². The number of piperidine rings is 2. The average Bonchev–Trinajstić information content (AvgIpc) is 3.32. The van der Waals surface area contributed by atoms with Crippen molar-refractivity contribution in [3.8, 4) is 11.1 Å². The third kappa shape index (κ3) is 6.53. The molecule has 1 atom stereocenters. The van der Waals surface area contributed by atoms with Crippen LogP contribution in [-0.4, -0.2) is 59.0 Å². The van der Waals surface area contributed by atoms with E-state index in [2.05, 4.69) is 15.6 Å². The number of imide groups is 1. The number of alkyl halides is 4. The van der Waals surface area contributed by atoms with Crippen LogP contribution in [0.2, 0.25) is 5.02 Å².